The average Bonchev–Trinajstić information content (AvgIpc) is 2.85. The van der Waals surface area contributed by atoms with Gasteiger partial charge in [-0.05, 0) is 48.9 Å². The molecule has 1 saturated heterocycles. The second-order valence-corrected chi connectivity index (χ2v) is 10.9. The molecule has 0 aromatic heterocycles. The highest BCUT2D eigenvalue weighted by atomic mass is 35.5. The van der Waals surface area contributed by atoms with Crippen molar-refractivity contribution in [3.05, 3.63) is 95.8 Å². The van der Waals surface area contributed by atoms with Gasteiger partial charge in [-0.15, -0.1) is 24.8 Å². The van der Waals surface area contributed by atoms with E-state index in [9.17, 15) is 17.9 Å². The minimum atomic E-state index is -3.94. The molecular formula is C27H34Cl2FN3O3S. The van der Waals surface area contributed by atoms with E-state index >= 15 is 0 Å². The zero-order valence-electron chi connectivity index (χ0n) is 20.7. The third kappa shape index (κ3) is 8.40. The van der Waals surface area contributed by atoms with Gasteiger partial charge in [0.1, 0.15) is 5.82 Å². The quantitative estimate of drug-likeness (QED) is 0.415. The Hall–Kier alpha value is -2.20. The van der Waals surface area contributed by atoms with Crippen molar-refractivity contribution in [1.29, 1.82) is 0 Å². The van der Waals surface area contributed by atoms with Crippen molar-refractivity contribution in [1.82, 2.24) is 9.80 Å². The highest BCUT2D eigenvalue weighted by Gasteiger charge is 2.28. The van der Waals surface area contributed by atoms with E-state index in [0.717, 1.165) is 38.3 Å². The molecular weight excluding hydrogens is 536 g/mol. The van der Waals surface area contributed by atoms with E-state index in [1.165, 1.54) is 34.1 Å². The van der Waals surface area contributed by atoms with Gasteiger partial charge < -0.3 is 5.11 Å². The summed E-state index contributed by atoms with van der Waals surface area (Å²) in [6.45, 7) is 6.38. The number of anilines is 1. The lowest BCUT2D eigenvalue weighted by atomic mass is 10.2. The van der Waals surface area contributed by atoms with Crippen LogP contribution in [0.4, 0.5) is 10.1 Å². The van der Waals surface area contributed by atoms with Gasteiger partial charge in [0.15, 0.2) is 0 Å². The Morgan fingerprint density at radius 3 is 2.03 bits per heavy atom. The second kappa shape index (κ2) is 14.1. The molecule has 6 nitrogen and oxygen atoms in total. The van der Waals surface area contributed by atoms with Crippen LogP contribution in [0.1, 0.15) is 11.1 Å². The molecule has 1 aliphatic rings. The number of rotatable bonds is 9. The Labute approximate surface area is 231 Å². The molecule has 4 rings (SSSR count). The topological polar surface area (TPSA) is 64.1 Å². The number of halogens is 3. The zero-order chi connectivity index (χ0) is 24.8. The van der Waals surface area contributed by atoms with Crippen LogP contribution >= 0.6 is 24.8 Å². The van der Waals surface area contributed by atoms with Crippen molar-refractivity contribution in [2.24, 2.45) is 0 Å². The molecule has 1 heterocycles. The number of hydrogen-bond donors (Lipinski definition) is 1. The maximum absolute atomic E-state index is 13.5. The molecule has 37 heavy (non-hydrogen) atoms. The van der Waals surface area contributed by atoms with Gasteiger partial charge in [-0.3, -0.25) is 14.1 Å². The fraction of sp³-hybridized carbons (Fsp3) is 0.333. The van der Waals surface area contributed by atoms with Crippen molar-refractivity contribution < 1.29 is 17.9 Å². The smallest absolute Gasteiger partial charge is 0.264 e. The summed E-state index contributed by atoms with van der Waals surface area (Å²) in [6, 6.07) is 22.2. The van der Waals surface area contributed by atoms with Crippen LogP contribution in [0.25, 0.3) is 0 Å². The fourth-order valence-electron chi connectivity index (χ4n) is 4.31. The highest BCUT2D eigenvalue weighted by Crippen LogP contribution is 2.25. The molecule has 1 unspecified atom stereocenters. The summed E-state index contributed by atoms with van der Waals surface area (Å²) in [7, 11) is -3.94. The maximum atomic E-state index is 13.5. The van der Waals surface area contributed by atoms with E-state index in [1.807, 2.05) is 25.1 Å². The summed E-state index contributed by atoms with van der Waals surface area (Å²) in [5, 5.41) is 10.9. The fourth-order valence-corrected chi connectivity index (χ4v) is 5.81. The number of hydrogen-bond acceptors (Lipinski definition) is 5. The first-order valence-corrected chi connectivity index (χ1v) is 13.3. The minimum absolute atomic E-state index is 0. The monoisotopic (exact) mass is 569 g/mol. The highest BCUT2D eigenvalue weighted by molar-refractivity contribution is 7.92. The van der Waals surface area contributed by atoms with Gasteiger partial charge in [0.2, 0.25) is 0 Å². The van der Waals surface area contributed by atoms with Crippen LogP contribution < -0.4 is 4.31 Å². The van der Waals surface area contributed by atoms with E-state index in [0.29, 0.717) is 12.2 Å². The van der Waals surface area contributed by atoms with E-state index in [1.54, 1.807) is 24.3 Å². The van der Waals surface area contributed by atoms with Crippen LogP contribution in [-0.4, -0.2) is 68.7 Å². The molecule has 10 heteroatoms. The number of β-amino-alcohol motifs (C(OH)–C–C–N with tert-alkyl or cyclic N) is 1. The molecule has 1 atom stereocenters. The van der Waals surface area contributed by atoms with Crippen molar-refractivity contribution in [2.45, 2.75) is 24.5 Å². The number of piperazine rings is 1. The lowest BCUT2D eigenvalue weighted by molar-refractivity contribution is 0.0743. The van der Waals surface area contributed by atoms with Crippen LogP contribution in [0, 0.1) is 12.7 Å². The number of sulfonamides is 1. The summed E-state index contributed by atoms with van der Waals surface area (Å²) in [5.41, 5.74) is 2.54. The van der Waals surface area contributed by atoms with E-state index in [2.05, 4.69) is 21.9 Å². The summed E-state index contributed by atoms with van der Waals surface area (Å²) in [4.78, 5) is 4.67. The largest absolute Gasteiger partial charge is 0.390 e. The molecule has 202 valence electrons. The summed E-state index contributed by atoms with van der Waals surface area (Å²) < 4.78 is 41.6. The van der Waals surface area contributed by atoms with Gasteiger partial charge in [-0.1, -0.05) is 48.0 Å². The van der Waals surface area contributed by atoms with Gasteiger partial charge in [0.05, 0.1) is 23.2 Å². The van der Waals surface area contributed by atoms with Gasteiger partial charge in [0.25, 0.3) is 10.0 Å². The van der Waals surface area contributed by atoms with E-state index in [4.69, 9.17) is 0 Å². The first-order valence-electron chi connectivity index (χ1n) is 11.8. The molecule has 3 aromatic carbocycles. The van der Waals surface area contributed by atoms with Gasteiger partial charge >= 0.3 is 0 Å². The van der Waals surface area contributed by atoms with Crippen LogP contribution in [-0.2, 0) is 16.6 Å². The standard InChI is InChI=1S/C27H32FN3O3S.2ClH/c1-22-7-13-27(14-8-22)35(33,34)31(25-11-9-24(28)10-12-25)21-26(32)20-30-17-15-29(16-18-30)19-23-5-3-2-4-6-23;;/h2-14,26,32H,15-21H2,1H3;2*1H. The lowest BCUT2D eigenvalue weighted by Gasteiger charge is -2.36. The van der Waals surface area contributed by atoms with Gasteiger partial charge in [0, 0.05) is 39.3 Å². The summed E-state index contributed by atoms with van der Waals surface area (Å²) in [6.07, 6.45) is -0.902. The summed E-state index contributed by atoms with van der Waals surface area (Å²) in [5.74, 6) is -0.449. The molecule has 3 aromatic rings. The SMILES string of the molecule is Cc1ccc(S(=O)(=O)N(CC(O)CN2CCN(Cc3ccccc3)CC2)c2ccc(F)cc2)cc1.Cl.Cl. The number of aliphatic hydroxyl groups is 1. The van der Waals surface area contributed by atoms with E-state index < -0.39 is 21.9 Å². The minimum Gasteiger partial charge on any atom is -0.390 e. The molecule has 0 spiro atoms. The average molecular weight is 571 g/mol. The molecule has 0 radical (unpaired) electrons. The predicted molar refractivity (Wildman–Crippen MR) is 151 cm³/mol. The Bertz CT molecular complexity index is 1190. The molecule has 1 fully saturated rings. The number of aliphatic hydroxyl groups excluding tert-OH is 1. The van der Waals surface area contributed by atoms with Crippen molar-refractivity contribution >= 4 is 40.5 Å². The predicted octanol–water partition coefficient (Wildman–Crippen LogP) is 4.35. The molecule has 1 N–H and O–H groups in total. The number of aryl methyl sites for hydroxylation is 1. The normalized spacial score (nSPS) is 15.3. The third-order valence-electron chi connectivity index (χ3n) is 6.28. The number of benzene rings is 3. The Morgan fingerprint density at radius 2 is 1.43 bits per heavy atom. The van der Waals surface area contributed by atoms with Crippen LogP contribution in [0.3, 0.4) is 0 Å². The first-order chi connectivity index (χ1) is 16.8. The van der Waals surface area contributed by atoms with Crippen LogP contribution in [0.2, 0.25) is 0 Å². The van der Waals surface area contributed by atoms with Crippen molar-refractivity contribution in [2.75, 3.05) is 43.6 Å². The molecule has 0 bridgehead atoms. The van der Waals surface area contributed by atoms with Crippen molar-refractivity contribution in [3.63, 3.8) is 0 Å². The first kappa shape index (κ1) is 31.0. The lowest BCUT2D eigenvalue weighted by Crippen LogP contribution is -2.50. The Kier molecular flexibility index (Phi) is 11.8. The molecule has 0 saturated carbocycles. The second-order valence-electron chi connectivity index (χ2n) is 9.04. The summed E-state index contributed by atoms with van der Waals surface area (Å²) >= 11 is 0. The van der Waals surface area contributed by atoms with Crippen LogP contribution in [0.5, 0.6) is 0 Å². The molecule has 0 amide bonds. The maximum Gasteiger partial charge on any atom is 0.264 e. The zero-order valence-corrected chi connectivity index (χ0v) is 23.2. The Morgan fingerprint density at radius 1 is 0.865 bits per heavy atom. The molecule has 1 aliphatic heterocycles. The third-order valence-corrected chi connectivity index (χ3v) is 8.09. The number of nitrogens with zero attached hydrogens (tertiary/aromatic N) is 3. The van der Waals surface area contributed by atoms with Crippen LogP contribution in [0.15, 0.2) is 83.8 Å². The van der Waals surface area contributed by atoms with E-state index in [-0.39, 0.29) is 36.3 Å². The Balaban J connectivity index is 0.00000241. The van der Waals surface area contributed by atoms with Crippen molar-refractivity contribution in [3.8, 4) is 0 Å². The molecule has 0 aliphatic carbocycles. The van der Waals surface area contributed by atoms with Gasteiger partial charge in [-0.25, -0.2) is 12.8 Å². The van der Waals surface area contributed by atoms with Gasteiger partial charge in [-0.2, -0.15) is 0 Å².